The second-order valence-electron chi connectivity index (χ2n) is 4.19. The molecule has 0 saturated heterocycles. The van der Waals surface area contributed by atoms with Crippen molar-refractivity contribution < 1.29 is 13.9 Å². The Bertz CT molecular complexity index is 517. The van der Waals surface area contributed by atoms with Crippen LogP contribution in [0.2, 0.25) is 0 Å². The molecule has 4 nitrogen and oxygen atoms in total. The summed E-state index contributed by atoms with van der Waals surface area (Å²) in [5.41, 5.74) is 6.56. The van der Waals surface area contributed by atoms with Crippen molar-refractivity contribution in [3.8, 4) is 11.5 Å². The van der Waals surface area contributed by atoms with Crippen molar-refractivity contribution in [1.82, 2.24) is 0 Å². The fourth-order valence-electron chi connectivity index (χ4n) is 1.79. The Hall–Kier alpha value is -1.94. The molecule has 0 saturated carbocycles. The van der Waals surface area contributed by atoms with Crippen molar-refractivity contribution in [3.63, 3.8) is 0 Å². The first-order valence-corrected chi connectivity index (χ1v) is 6.37. The maximum Gasteiger partial charge on any atom is 0.120 e. The second kappa shape index (κ2) is 6.29. The Kier molecular flexibility index (Phi) is 4.47. The van der Waals surface area contributed by atoms with Crippen LogP contribution in [0.4, 0.5) is 0 Å². The summed E-state index contributed by atoms with van der Waals surface area (Å²) in [6.07, 6.45) is 0. The Balaban J connectivity index is 1.95. The molecular weight excluding hydrogens is 242 g/mol. The number of hydrogen-bond acceptors (Lipinski definition) is 4. The molecule has 0 atom stereocenters. The molecule has 19 heavy (non-hydrogen) atoms. The third-order valence-corrected chi connectivity index (χ3v) is 2.80. The fraction of sp³-hybridized carbons (Fsp3) is 0.333. The first-order valence-electron chi connectivity index (χ1n) is 6.37. The second-order valence-corrected chi connectivity index (χ2v) is 4.19. The van der Waals surface area contributed by atoms with Gasteiger partial charge < -0.3 is 19.6 Å². The summed E-state index contributed by atoms with van der Waals surface area (Å²) in [6, 6.07) is 9.51. The molecule has 1 aromatic carbocycles. The molecule has 0 fully saturated rings. The SMILES string of the molecule is CCOc1ccc(OCc2cc(CN)oc2C)cc1. The molecule has 1 aromatic heterocycles. The Morgan fingerprint density at radius 3 is 2.26 bits per heavy atom. The van der Waals surface area contributed by atoms with Gasteiger partial charge in [-0.1, -0.05) is 0 Å². The molecule has 2 N–H and O–H groups in total. The highest BCUT2D eigenvalue weighted by molar-refractivity contribution is 5.31. The Morgan fingerprint density at radius 1 is 1.11 bits per heavy atom. The predicted octanol–water partition coefficient (Wildman–Crippen LogP) is 3.02. The van der Waals surface area contributed by atoms with Crippen LogP contribution in [0.1, 0.15) is 24.0 Å². The third-order valence-electron chi connectivity index (χ3n) is 2.80. The molecule has 0 bridgehead atoms. The normalized spacial score (nSPS) is 10.5. The van der Waals surface area contributed by atoms with E-state index >= 15 is 0 Å². The van der Waals surface area contributed by atoms with Gasteiger partial charge in [-0.15, -0.1) is 0 Å². The van der Waals surface area contributed by atoms with E-state index in [4.69, 9.17) is 19.6 Å². The summed E-state index contributed by atoms with van der Waals surface area (Å²) < 4.78 is 16.6. The largest absolute Gasteiger partial charge is 0.494 e. The maximum atomic E-state index is 5.71. The molecule has 0 aliphatic heterocycles. The molecule has 0 aliphatic carbocycles. The summed E-state index contributed by atoms with van der Waals surface area (Å²) in [5.74, 6) is 3.28. The molecule has 1 heterocycles. The first-order chi connectivity index (χ1) is 9.22. The van der Waals surface area contributed by atoms with Crippen LogP contribution in [0.25, 0.3) is 0 Å². The van der Waals surface area contributed by atoms with Crippen LogP contribution < -0.4 is 15.2 Å². The zero-order valence-corrected chi connectivity index (χ0v) is 11.3. The van der Waals surface area contributed by atoms with Gasteiger partial charge in [0, 0.05) is 5.56 Å². The highest BCUT2D eigenvalue weighted by Gasteiger charge is 2.07. The maximum absolute atomic E-state index is 5.71. The molecular formula is C15H19NO3. The topological polar surface area (TPSA) is 57.6 Å². The van der Waals surface area contributed by atoms with E-state index in [1.54, 1.807) is 0 Å². The van der Waals surface area contributed by atoms with Crippen molar-refractivity contribution in [2.75, 3.05) is 6.61 Å². The summed E-state index contributed by atoms with van der Waals surface area (Å²) in [4.78, 5) is 0. The van der Waals surface area contributed by atoms with E-state index < -0.39 is 0 Å². The van der Waals surface area contributed by atoms with Crippen LogP contribution in [0.5, 0.6) is 11.5 Å². The molecule has 102 valence electrons. The zero-order chi connectivity index (χ0) is 13.7. The van der Waals surface area contributed by atoms with Crippen molar-refractivity contribution in [3.05, 3.63) is 47.4 Å². The monoisotopic (exact) mass is 261 g/mol. The predicted molar refractivity (Wildman–Crippen MR) is 73.3 cm³/mol. The van der Waals surface area contributed by atoms with Gasteiger partial charge in [-0.05, 0) is 44.2 Å². The van der Waals surface area contributed by atoms with E-state index in [1.807, 2.05) is 44.2 Å². The summed E-state index contributed by atoms with van der Waals surface area (Å²) in [5, 5.41) is 0. The standard InChI is InChI=1S/C15H19NO3/c1-3-17-13-4-6-14(7-5-13)18-10-12-8-15(9-16)19-11(12)2/h4-8H,3,9-10,16H2,1-2H3. The lowest BCUT2D eigenvalue weighted by atomic mass is 10.2. The third kappa shape index (κ3) is 3.51. The smallest absolute Gasteiger partial charge is 0.120 e. The summed E-state index contributed by atoms with van der Waals surface area (Å²) in [7, 11) is 0. The molecule has 2 aromatic rings. The van der Waals surface area contributed by atoms with Crippen molar-refractivity contribution in [2.45, 2.75) is 27.0 Å². The van der Waals surface area contributed by atoms with Gasteiger partial charge in [0.1, 0.15) is 29.6 Å². The number of ether oxygens (including phenoxy) is 2. The van der Waals surface area contributed by atoms with Crippen LogP contribution in [-0.2, 0) is 13.2 Å². The van der Waals surface area contributed by atoms with E-state index in [0.717, 1.165) is 28.6 Å². The minimum absolute atomic E-state index is 0.407. The number of hydrogen-bond donors (Lipinski definition) is 1. The van der Waals surface area contributed by atoms with E-state index in [2.05, 4.69) is 0 Å². The number of benzene rings is 1. The Morgan fingerprint density at radius 2 is 1.74 bits per heavy atom. The van der Waals surface area contributed by atoms with Crippen LogP contribution in [-0.4, -0.2) is 6.61 Å². The quantitative estimate of drug-likeness (QED) is 0.868. The van der Waals surface area contributed by atoms with Gasteiger partial charge in [-0.3, -0.25) is 0 Å². The average molecular weight is 261 g/mol. The van der Waals surface area contributed by atoms with Gasteiger partial charge in [0.2, 0.25) is 0 Å². The highest BCUT2D eigenvalue weighted by Crippen LogP contribution is 2.20. The summed E-state index contributed by atoms with van der Waals surface area (Å²) in [6.45, 7) is 5.42. The lowest BCUT2D eigenvalue weighted by Crippen LogP contribution is -1.96. The van der Waals surface area contributed by atoms with Crippen LogP contribution in [0.3, 0.4) is 0 Å². The molecule has 0 unspecified atom stereocenters. The minimum Gasteiger partial charge on any atom is -0.494 e. The molecule has 0 spiro atoms. The van der Waals surface area contributed by atoms with Crippen LogP contribution in [0, 0.1) is 6.92 Å². The lowest BCUT2D eigenvalue weighted by molar-refractivity contribution is 0.301. The van der Waals surface area contributed by atoms with Crippen LogP contribution >= 0.6 is 0 Å². The molecule has 0 aliphatic rings. The van der Waals surface area contributed by atoms with Gasteiger partial charge in [0.15, 0.2) is 0 Å². The highest BCUT2D eigenvalue weighted by atomic mass is 16.5. The van der Waals surface area contributed by atoms with Crippen molar-refractivity contribution in [1.29, 1.82) is 0 Å². The van der Waals surface area contributed by atoms with Gasteiger partial charge in [0.25, 0.3) is 0 Å². The summed E-state index contributed by atoms with van der Waals surface area (Å²) >= 11 is 0. The average Bonchev–Trinajstić information content (AvgIpc) is 2.79. The van der Waals surface area contributed by atoms with Crippen LogP contribution in [0.15, 0.2) is 34.7 Å². The van der Waals surface area contributed by atoms with Gasteiger partial charge >= 0.3 is 0 Å². The lowest BCUT2D eigenvalue weighted by Gasteiger charge is -2.07. The Labute approximate surface area is 113 Å². The molecule has 2 rings (SSSR count). The molecule has 0 amide bonds. The number of furan rings is 1. The van der Waals surface area contributed by atoms with E-state index in [1.165, 1.54) is 0 Å². The van der Waals surface area contributed by atoms with E-state index in [0.29, 0.717) is 19.8 Å². The van der Waals surface area contributed by atoms with E-state index in [9.17, 15) is 0 Å². The number of rotatable bonds is 6. The number of aryl methyl sites for hydroxylation is 1. The van der Waals surface area contributed by atoms with Crippen molar-refractivity contribution in [2.24, 2.45) is 5.73 Å². The van der Waals surface area contributed by atoms with E-state index in [-0.39, 0.29) is 0 Å². The van der Waals surface area contributed by atoms with Crippen molar-refractivity contribution >= 4 is 0 Å². The molecule has 0 radical (unpaired) electrons. The van der Waals surface area contributed by atoms with Gasteiger partial charge in [-0.2, -0.15) is 0 Å². The fourth-order valence-corrected chi connectivity index (χ4v) is 1.79. The first kappa shape index (κ1) is 13.5. The van der Waals surface area contributed by atoms with Gasteiger partial charge in [0.05, 0.1) is 13.2 Å². The minimum atomic E-state index is 0.407. The number of nitrogens with two attached hydrogens (primary N) is 1. The van der Waals surface area contributed by atoms with Gasteiger partial charge in [-0.25, -0.2) is 0 Å². The molecule has 4 heteroatoms. The zero-order valence-electron chi connectivity index (χ0n) is 11.3.